The van der Waals surface area contributed by atoms with Gasteiger partial charge in [-0.05, 0) is 25.0 Å². The van der Waals surface area contributed by atoms with Crippen molar-refractivity contribution >= 4 is 17.1 Å². The smallest absolute Gasteiger partial charge is 0.246 e. The van der Waals surface area contributed by atoms with Crippen molar-refractivity contribution in [3.63, 3.8) is 0 Å². The van der Waals surface area contributed by atoms with Crippen molar-refractivity contribution in [2.75, 3.05) is 57.4 Å². The summed E-state index contributed by atoms with van der Waals surface area (Å²) in [7, 11) is 0. The summed E-state index contributed by atoms with van der Waals surface area (Å²) in [6.07, 6.45) is 11.1. The van der Waals surface area contributed by atoms with Gasteiger partial charge in [0.05, 0.1) is 42.9 Å². The van der Waals surface area contributed by atoms with Crippen LogP contribution in [-0.4, -0.2) is 93.6 Å². The SMILES string of the molecule is C=CC(=O)N1CCN(C2CCN(c3cc(-c4cnn(C5COC5)c4)cn4ncc(C#N)c34)CC2)CC1. The Balaban J connectivity index is 1.21. The number of piperazine rings is 1. The molecule has 10 nitrogen and oxygen atoms in total. The molecule has 3 fully saturated rings. The van der Waals surface area contributed by atoms with Gasteiger partial charge in [0.1, 0.15) is 11.6 Å². The monoisotopic (exact) mass is 486 g/mol. The highest BCUT2D eigenvalue weighted by Gasteiger charge is 2.30. The van der Waals surface area contributed by atoms with Crippen molar-refractivity contribution < 1.29 is 9.53 Å². The minimum absolute atomic E-state index is 0.0223. The first kappa shape index (κ1) is 22.8. The number of fused-ring (bicyclic) bond motifs is 1. The number of hydrogen-bond donors (Lipinski definition) is 0. The van der Waals surface area contributed by atoms with Crippen molar-refractivity contribution in [3.8, 4) is 17.2 Å². The quantitative estimate of drug-likeness (QED) is 0.509. The van der Waals surface area contributed by atoms with Crippen molar-refractivity contribution in [3.05, 3.63) is 49.1 Å². The van der Waals surface area contributed by atoms with E-state index in [9.17, 15) is 10.1 Å². The molecule has 0 saturated carbocycles. The first-order valence-corrected chi connectivity index (χ1v) is 12.6. The predicted molar refractivity (Wildman–Crippen MR) is 135 cm³/mol. The van der Waals surface area contributed by atoms with Crippen molar-refractivity contribution in [1.82, 2.24) is 29.2 Å². The summed E-state index contributed by atoms with van der Waals surface area (Å²) >= 11 is 0. The maximum atomic E-state index is 11.9. The van der Waals surface area contributed by atoms with Gasteiger partial charge in [-0.25, -0.2) is 4.52 Å². The van der Waals surface area contributed by atoms with E-state index in [1.165, 1.54) is 6.08 Å². The van der Waals surface area contributed by atoms with Crippen LogP contribution in [0.4, 0.5) is 5.69 Å². The molecule has 3 aliphatic heterocycles. The largest absolute Gasteiger partial charge is 0.377 e. The minimum atomic E-state index is 0.0223. The van der Waals surface area contributed by atoms with E-state index in [-0.39, 0.29) is 5.91 Å². The van der Waals surface area contributed by atoms with Crippen LogP contribution in [-0.2, 0) is 9.53 Å². The molecule has 3 aromatic heterocycles. The van der Waals surface area contributed by atoms with Gasteiger partial charge >= 0.3 is 0 Å². The molecule has 186 valence electrons. The number of ether oxygens (including phenoxy) is 1. The van der Waals surface area contributed by atoms with E-state index in [4.69, 9.17) is 4.74 Å². The topological polar surface area (TPSA) is 94.9 Å². The number of piperidine rings is 1. The van der Waals surface area contributed by atoms with Gasteiger partial charge in [-0.1, -0.05) is 6.58 Å². The maximum absolute atomic E-state index is 11.9. The third-order valence-corrected chi connectivity index (χ3v) is 7.76. The Morgan fingerprint density at radius 2 is 1.81 bits per heavy atom. The molecule has 3 aliphatic rings. The summed E-state index contributed by atoms with van der Waals surface area (Å²) in [5, 5.41) is 18.8. The predicted octanol–water partition coefficient (Wildman–Crippen LogP) is 1.94. The lowest BCUT2D eigenvalue weighted by Gasteiger charge is -2.43. The van der Waals surface area contributed by atoms with Crippen molar-refractivity contribution in [2.24, 2.45) is 0 Å². The van der Waals surface area contributed by atoms with E-state index in [1.54, 1.807) is 6.20 Å². The zero-order valence-corrected chi connectivity index (χ0v) is 20.3. The summed E-state index contributed by atoms with van der Waals surface area (Å²) < 4.78 is 9.11. The molecule has 6 heterocycles. The van der Waals surface area contributed by atoms with Crippen LogP contribution in [0.2, 0.25) is 0 Å². The maximum Gasteiger partial charge on any atom is 0.246 e. The molecule has 0 atom stereocenters. The number of carbonyl (C=O) groups excluding carboxylic acids is 1. The van der Waals surface area contributed by atoms with E-state index in [0.29, 0.717) is 30.9 Å². The van der Waals surface area contributed by atoms with E-state index >= 15 is 0 Å². The lowest BCUT2D eigenvalue weighted by atomic mass is 10.0. The van der Waals surface area contributed by atoms with E-state index in [0.717, 1.165) is 74.4 Å². The fourth-order valence-electron chi connectivity index (χ4n) is 5.55. The molecule has 1 amide bonds. The second-order valence-corrected chi connectivity index (χ2v) is 9.76. The standard InChI is InChI=1S/C26H30N8O2/c1-2-25(35)32-9-7-30(8-10-32)22-3-5-31(6-4-22)24-11-19(15-34-26(24)20(12-27)13-29-34)21-14-28-33(16-21)23-17-36-18-23/h2,11,13-16,22-23H,1,3-10,17-18H2. The highest BCUT2D eigenvalue weighted by atomic mass is 16.5. The number of amides is 1. The van der Waals surface area contributed by atoms with Gasteiger partial charge in [-0.2, -0.15) is 15.5 Å². The Morgan fingerprint density at radius 3 is 2.47 bits per heavy atom. The fraction of sp³-hybridized carbons (Fsp3) is 0.462. The molecule has 10 heteroatoms. The number of anilines is 1. The van der Waals surface area contributed by atoms with Crippen LogP contribution >= 0.6 is 0 Å². The Kier molecular flexibility index (Phi) is 5.95. The third-order valence-electron chi connectivity index (χ3n) is 7.76. The van der Waals surface area contributed by atoms with Crippen LogP contribution in [0.1, 0.15) is 24.4 Å². The number of aromatic nitrogens is 4. The van der Waals surface area contributed by atoms with Gasteiger partial charge in [0.2, 0.25) is 5.91 Å². The first-order chi connectivity index (χ1) is 17.6. The number of pyridine rings is 1. The van der Waals surface area contributed by atoms with E-state index in [1.807, 2.05) is 26.5 Å². The average Bonchev–Trinajstić information content (AvgIpc) is 3.54. The molecule has 0 N–H and O–H groups in total. The van der Waals surface area contributed by atoms with Crippen LogP contribution in [0, 0.1) is 11.3 Å². The van der Waals surface area contributed by atoms with E-state index < -0.39 is 0 Å². The minimum Gasteiger partial charge on any atom is -0.377 e. The second-order valence-electron chi connectivity index (χ2n) is 9.76. The fourth-order valence-corrected chi connectivity index (χ4v) is 5.55. The summed E-state index contributed by atoms with van der Waals surface area (Å²) in [6, 6.07) is 5.29. The molecular formula is C26H30N8O2. The number of carbonyl (C=O) groups is 1. The van der Waals surface area contributed by atoms with Crippen LogP contribution < -0.4 is 4.90 Å². The average molecular weight is 487 g/mol. The van der Waals surface area contributed by atoms with Crippen molar-refractivity contribution in [2.45, 2.75) is 24.9 Å². The Morgan fingerprint density at radius 1 is 1.03 bits per heavy atom. The molecule has 0 aliphatic carbocycles. The number of nitrogens with zero attached hydrogens (tertiary/aromatic N) is 8. The van der Waals surface area contributed by atoms with Crippen LogP contribution in [0.3, 0.4) is 0 Å². The highest BCUT2D eigenvalue weighted by molar-refractivity contribution is 5.87. The summed E-state index contributed by atoms with van der Waals surface area (Å²) in [6.45, 7) is 10.1. The Hall–Kier alpha value is -3.68. The van der Waals surface area contributed by atoms with Gasteiger partial charge in [0.15, 0.2) is 0 Å². The number of nitriles is 1. The molecule has 0 unspecified atom stereocenters. The molecular weight excluding hydrogens is 456 g/mol. The molecule has 0 aromatic carbocycles. The van der Waals surface area contributed by atoms with Gasteiger partial charge in [-0.3, -0.25) is 14.4 Å². The normalized spacial score (nSPS) is 19.9. The summed E-state index contributed by atoms with van der Waals surface area (Å²) in [4.78, 5) is 18.7. The molecule has 6 rings (SSSR count). The third kappa shape index (κ3) is 4.04. The van der Waals surface area contributed by atoms with Crippen LogP contribution in [0.25, 0.3) is 16.6 Å². The van der Waals surface area contributed by atoms with Gasteiger partial charge in [0.25, 0.3) is 0 Å². The number of rotatable bonds is 5. The Bertz CT molecular complexity index is 1320. The van der Waals surface area contributed by atoms with E-state index in [2.05, 4.69) is 44.9 Å². The molecule has 0 radical (unpaired) electrons. The van der Waals surface area contributed by atoms with Crippen LogP contribution in [0.5, 0.6) is 0 Å². The summed E-state index contributed by atoms with van der Waals surface area (Å²) in [5.41, 5.74) is 4.55. The first-order valence-electron chi connectivity index (χ1n) is 12.6. The Labute approximate surface area is 209 Å². The zero-order chi connectivity index (χ0) is 24.6. The zero-order valence-electron chi connectivity index (χ0n) is 20.3. The van der Waals surface area contributed by atoms with Gasteiger partial charge < -0.3 is 14.5 Å². The second kappa shape index (κ2) is 9.41. The lowest BCUT2D eigenvalue weighted by molar-refractivity contribution is -0.128. The summed E-state index contributed by atoms with van der Waals surface area (Å²) in [5.74, 6) is 0.0223. The molecule has 0 spiro atoms. The highest BCUT2D eigenvalue weighted by Crippen LogP contribution is 2.33. The lowest BCUT2D eigenvalue weighted by Crippen LogP contribution is -2.54. The number of hydrogen-bond acceptors (Lipinski definition) is 7. The van der Waals surface area contributed by atoms with Gasteiger partial charge in [0, 0.05) is 68.8 Å². The molecule has 3 saturated heterocycles. The van der Waals surface area contributed by atoms with Crippen molar-refractivity contribution in [1.29, 1.82) is 5.26 Å². The molecule has 0 bridgehead atoms. The molecule has 36 heavy (non-hydrogen) atoms. The molecule has 3 aromatic rings. The van der Waals surface area contributed by atoms with Crippen LogP contribution in [0.15, 0.2) is 43.5 Å². The van der Waals surface area contributed by atoms with Gasteiger partial charge in [-0.15, -0.1) is 0 Å².